The van der Waals surface area contributed by atoms with Gasteiger partial charge >= 0.3 is 0 Å². The van der Waals surface area contributed by atoms with Crippen molar-refractivity contribution in [2.45, 2.75) is 19.8 Å². The molecule has 0 spiro atoms. The number of allylic oxidation sites excluding steroid dienone is 1. The first kappa shape index (κ1) is 25.4. The molecule has 0 amide bonds. The van der Waals surface area contributed by atoms with Crippen molar-refractivity contribution in [1.29, 1.82) is 0 Å². The summed E-state index contributed by atoms with van der Waals surface area (Å²) in [5.41, 5.74) is 10.9. The fourth-order valence-electron chi connectivity index (χ4n) is 6.76. The Labute approximate surface area is 251 Å². The third-order valence-electron chi connectivity index (χ3n) is 8.75. The lowest BCUT2D eigenvalue weighted by Gasteiger charge is -2.20. The molecular weight excluding hydrogens is 520 g/mol. The van der Waals surface area contributed by atoms with Crippen LogP contribution >= 0.6 is 0 Å². The lowest BCUT2D eigenvalue weighted by atomic mass is 9.83. The SMILES string of the molecule is Cc1ccc(-c2c3ccccc3c(-c3ccc(-c4ncccc4C4=CN=CCC4)c4ccccc34)c3ccccc23)cc1. The van der Waals surface area contributed by atoms with Gasteiger partial charge in [-0.3, -0.25) is 9.98 Å². The first-order valence-electron chi connectivity index (χ1n) is 15.0. The molecule has 2 nitrogen and oxygen atoms in total. The molecule has 0 bridgehead atoms. The van der Waals surface area contributed by atoms with Crippen LogP contribution in [0.5, 0.6) is 0 Å². The fourth-order valence-corrected chi connectivity index (χ4v) is 6.76. The zero-order valence-electron chi connectivity index (χ0n) is 24.1. The summed E-state index contributed by atoms with van der Waals surface area (Å²) >= 11 is 0. The van der Waals surface area contributed by atoms with Gasteiger partial charge in [-0.1, -0.05) is 121 Å². The maximum absolute atomic E-state index is 4.94. The van der Waals surface area contributed by atoms with E-state index in [0.717, 1.165) is 29.7 Å². The Morgan fingerprint density at radius 3 is 1.72 bits per heavy atom. The zero-order valence-corrected chi connectivity index (χ0v) is 24.1. The van der Waals surface area contributed by atoms with Crippen molar-refractivity contribution >= 4 is 44.1 Å². The molecule has 0 saturated carbocycles. The lowest BCUT2D eigenvalue weighted by molar-refractivity contribution is 1.10. The average molecular weight is 551 g/mol. The molecule has 204 valence electrons. The lowest BCUT2D eigenvalue weighted by Crippen LogP contribution is -1.97. The Morgan fingerprint density at radius 2 is 1.09 bits per heavy atom. The van der Waals surface area contributed by atoms with E-state index in [1.165, 1.54) is 65.7 Å². The van der Waals surface area contributed by atoms with Crippen LogP contribution in [-0.2, 0) is 0 Å². The molecule has 7 aromatic rings. The van der Waals surface area contributed by atoms with E-state index in [1.54, 1.807) is 0 Å². The van der Waals surface area contributed by atoms with Crippen molar-refractivity contribution in [3.8, 4) is 33.5 Å². The number of nitrogens with zero attached hydrogens (tertiary/aromatic N) is 2. The topological polar surface area (TPSA) is 25.2 Å². The van der Waals surface area contributed by atoms with E-state index in [4.69, 9.17) is 4.98 Å². The van der Waals surface area contributed by atoms with Gasteiger partial charge in [-0.15, -0.1) is 0 Å². The van der Waals surface area contributed by atoms with Gasteiger partial charge in [0.1, 0.15) is 0 Å². The van der Waals surface area contributed by atoms with Crippen LogP contribution in [0, 0.1) is 6.92 Å². The standard InChI is InChI=1S/C41H30N2/c1-27-18-20-28(21-19-27)39-33-13-4-6-15-35(33)40(36-16-7-5-14-34(36)39)37-22-23-38(32-12-3-2-11-31(32)37)41-30(17-9-25-43-41)29-10-8-24-42-26-29/h2-7,9,11-26H,8,10H2,1H3. The average Bonchev–Trinajstić information content (AvgIpc) is 3.08. The van der Waals surface area contributed by atoms with Crippen LogP contribution in [0.3, 0.4) is 0 Å². The summed E-state index contributed by atoms with van der Waals surface area (Å²) in [6.07, 6.45) is 7.82. The number of fused-ring (bicyclic) bond motifs is 3. The molecule has 0 aliphatic carbocycles. The second kappa shape index (κ2) is 10.5. The van der Waals surface area contributed by atoms with E-state index < -0.39 is 0 Å². The van der Waals surface area contributed by atoms with Crippen LogP contribution in [0.15, 0.2) is 139 Å². The highest BCUT2D eigenvalue weighted by Crippen LogP contribution is 2.46. The van der Waals surface area contributed by atoms with E-state index in [0.29, 0.717) is 0 Å². The van der Waals surface area contributed by atoms with Gasteiger partial charge in [0.25, 0.3) is 0 Å². The molecule has 2 heteroatoms. The summed E-state index contributed by atoms with van der Waals surface area (Å²) in [4.78, 5) is 9.40. The molecule has 0 N–H and O–H groups in total. The number of aromatic nitrogens is 1. The van der Waals surface area contributed by atoms with Gasteiger partial charge in [-0.05, 0) is 86.0 Å². The highest BCUT2D eigenvalue weighted by Gasteiger charge is 2.20. The van der Waals surface area contributed by atoms with Gasteiger partial charge in [0.05, 0.1) is 5.69 Å². The van der Waals surface area contributed by atoms with Gasteiger partial charge in [-0.25, -0.2) is 0 Å². The quantitative estimate of drug-likeness (QED) is 0.200. The maximum atomic E-state index is 4.94. The molecule has 1 aliphatic heterocycles. The third-order valence-corrected chi connectivity index (χ3v) is 8.75. The predicted molar refractivity (Wildman–Crippen MR) is 184 cm³/mol. The minimum Gasteiger partial charge on any atom is -0.269 e. The van der Waals surface area contributed by atoms with Gasteiger partial charge in [0.15, 0.2) is 0 Å². The number of aryl methyl sites for hydroxylation is 1. The summed E-state index contributed by atoms with van der Waals surface area (Å²) in [5, 5.41) is 7.49. The first-order chi connectivity index (χ1) is 21.3. The van der Waals surface area contributed by atoms with E-state index in [2.05, 4.69) is 127 Å². The molecule has 0 atom stereocenters. The predicted octanol–water partition coefficient (Wildman–Crippen LogP) is 11.1. The number of benzene rings is 6. The van der Waals surface area contributed by atoms with Crippen molar-refractivity contribution in [3.05, 3.63) is 145 Å². The van der Waals surface area contributed by atoms with Crippen molar-refractivity contribution in [2.24, 2.45) is 4.99 Å². The number of aliphatic imine (C=N–C) groups is 1. The monoisotopic (exact) mass is 550 g/mol. The minimum atomic E-state index is 0.957. The van der Waals surface area contributed by atoms with Crippen LogP contribution < -0.4 is 0 Å². The summed E-state index contributed by atoms with van der Waals surface area (Å²) < 4.78 is 0. The zero-order chi connectivity index (χ0) is 28.8. The molecule has 0 unspecified atom stereocenters. The first-order valence-corrected chi connectivity index (χ1v) is 15.0. The number of hydrogen-bond acceptors (Lipinski definition) is 2. The number of hydrogen-bond donors (Lipinski definition) is 0. The Hall–Kier alpha value is -5.34. The Balaban J connectivity index is 1.43. The summed E-state index contributed by atoms with van der Waals surface area (Å²) in [5.74, 6) is 0. The number of pyridine rings is 1. The van der Waals surface area contributed by atoms with Gasteiger partial charge in [-0.2, -0.15) is 0 Å². The van der Waals surface area contributed by atoms with Crippen LogP contribution in [0.2, 0.25) is 0 Å². The van der Waals surface area contributed by atoms with E-state index in [1.807, 2.05) is 24.7 Å². The third kappa shape index (κ3) is 4.26. The second-order valence-corrected chi connectivity index (χ2v) is 11.3. The van der Waals surface area contributed by atoms with Gasteiger partial charge < -0.3 is 0 Å². The molecule has 6 aromatic carbocycles. The van der Waals surface area contributed by atoms with E-state index in [9.17, 15) is 0 Å². The molecule has 0 saturated heterocycles. The Kier molecular flexibility index (Phi) is 6.19. The van der Waals surface area contributed by atoms with Crippen molar-refractivity contribution < 1.29 is 0 Å². The fraction of sp³-hybridized carbons (Fsp3) is 0.0732. The minimum absolute atomic E-state index is 0.957. The molecule has 43 heavy (non-hydrogen) atoms. The molecule has 1 aromatic heterocycles. The van der Waals surface area contributed by atoms with Crippen molar-refractivity contribution in [2.75, 3.05) is 0 Å². The molecule has 2 heterocycles. The molecular formula is C41H30N2. The van der Waals surface area contributed by atoms with Crippen LogP contribution in [0.25, 0.3) is 71.4 Å². The van der Waals surface area contributed by atoms with Gasteiger partial charge in [0, 0.05) is 29.7 Å². The highest BCUT2D eigenvalue weighted by molar-refractivity contribution is 6.24. The van der Waals surface area contributed by atoms with E-state index >= 15 is 0 Å². The smallest absolute Gasteiger partial charge is 0.0783 e. The summed E-state index contributed by atoms with van der Waals surface area (Å²) in [7, 11) is 0. The highest BCUT2D eigenvalue weighted by atomic mass is 14.7. The summed E-state index contributed by atoms with van der Waals surface area (Å²) in [6.45, 7) is 2.14. The molecule has 8 rings (SSSR count). The largest absolute Gasteiger partial charge is 0.269 e. The molecule has 0 fully saturated rings. The number of rotatable bonds is 4. The van der Waals surface area contributed by atoms with Crippen LogP contribution in [0.1, 0.15) is 24.0 Å². The Morgan fingerprint density at radius 1 is 0.512 bits per heavy atom. The van der Waals surface area contributed by atoms with Crippen molar-refractivity contribution in [1.82, 2.24) is 4.98 Å². The Bertz CT molecular complexity index is 2180. The normalized spacial score (nSPS) is 13.1. The van der Waals surface area contributed by atoms with E-state index in [-0.39, 0.29) is 0 Å². The van der Waals surface area contributed by atoms with Crippen molar-refractivity contribution in [3.63, 3.8) is 0 Å². The van der Waals surface area contributed by atoms with Gasteiger partial charge in [0.2, 0.25) is 0 Å². The molecule has 0 radical (unpaired) electrons. The molecule has 1 aliphatic rings. The van der Waals surface area contributed by atoms with Crippen LogP contribution in [0.4, 0.5) is 0 Å². The second-order valence-electron chi connectivity index (χ2n) is 11.3. The maximum Gasteiger partial charge on any atom is 0.0783 e. The van der Waals surface area contributed by atoms with Crippen LogP contribution in [-0.4, -0.2) is 11.2 Å². The summed E-state index contributed by atoms with van der Waals surface area (Å²) in [6, 6.07) is 44.3.